The Morgan fingerprint density at radius 1 is 1.03 bits per heavy atom. The molecule has 0 radical (unpaired) electrons. The molecule has 156 valence electrons. The molecule has 0 aliphatic heterocycles. The number of nitrogens with one attached hydrogen (secondary N) is 2. The maximum absolute atomic E-state index is 13.6. The van der Waals surface area contributed by atoms with E-state index in [-0.39, 0.29) is 22.7 Å². The van der Waals surface area contributed by atoms with Crippen molar-refractivity contribution in [1.82, 2.24) is 0 Å². The van der Waals surface area contributed by atoms with Crippen LogP contribution in [-0.2, 0) is 26.0 Å². The van der Waals surface area contributed by atoms with E-state index < -0.39 is 33.4 Å². The molecule has 0 saturated heterocycles. The molecule has 0 saturated carbocycles. The summed E-state index contributed by atoms with van der Waals surface area (Å²) in [6.45, 7) is 5.09. The van der Waals surface area contributed by atoms with Crippen molar-refractivity contribution in [3.05, 3.63) is 53.8 Å². The highest BCUT2D eigenvalue weighted by atomic mass is 32.2. The molecule has 0 bridgehead atoms. The first kappa shape index (κ1) is 22.3. The van der Waals surface area contributed by atoms with E-state index in [2.05, 4.69) is 10.6 Å². The summed E-state index contributed by atoms with van der Waals surface area (Å²) in [7, 11) is -3.83. The Kier molecular flexibility index (Phi) is 6.60. The third-order valence-electron chi connectivity index (χ3n) is 3.51. The number of amides is 2. The molecule has 0 unspecified atom stereocenters. The minimum Gasteiger partial charge on any atom is -0.444 e. The number of nitrogens with two attached hydrogens (primary N) is 1. The fraction of sp³-hybridized carbons (Fsp3) is 0.263. The van der Waals surface area contributed by atoms with Gasteiger partial charge in [0.2, 0.25) is 15.9 Å². The second-order valence-electron chi connectivity index (χ2n) is 7.23. The number of ether oxygens (including phenoxy) is 1. The minimum absolute atomic E-state index is 0.0574. The number of carbonyl (C=O) groups is 2. The molecule has 2 aromatic carbocycles. The molecular weight excluding hydrogens is 401 g/mol. The van der Waals surface area contributed by atoms with E-state index in [1.54, 1.807) is 20.8 Å². The highest BCUT2D eigenvalue weighted by Gasteiger charge is 2.18. The summed E-state index contributed by atoms with van der Waals surface area (Å²) in [6.07, 6.45) is -0.856. The number of hydrogen-bond acceptors (Lipinski definition) is 5. The summed E-state index contributed by atoms with van der Waals surface area (Å²) < 4.78 is 41.3. The zero-order valence-corrected chi connectivity index (χ0v) is 17.0. The van der Waals surface area contributed by atoms with Crippen LogP contribution in [0.1, 0.15) is 26.3 Å². The Morgan fingerprint density at radius 2 is 1.66 bits per heavy atom. The number of sulfonamides is 1. The highest BCUT2D eigenvalue weighted by Crippen LogP contribution is 2.24. The van der Waals surface area contributed by atoms with Gasteiger partial charge < -0.3 is 10.1 Å². The van der Waals surface area contributed by atoms with Gasteiger partial charge in [-0.1, -0.05) is 12.1 Å². The minimum atomic E-state index is -3.83. The Bertz CT molecular complexity index is 1020. The summed E-state index contributed by atoms with van der Waals surface area (Å²) >= 11 is 0. The summed E-state index contributed by atoms with van der Waals surface area (Å²) in [5.74, 6) is -1.10. The van der Waals surface area contributed by atoms with Gasteiger partial charge in [-0.15, -0.1) is 0 Å². The van der Waals surface area contributed by atoms with E-state index in [1.807, 2.05) is 0 Å². The molecule has 4 N–H and O–H groups in total. The number of carbonyl (C=O) groups excluding carboxylic acids is 2. The molecule has 2 amide bonds. The molecule has 10 heteroatoms. The zero-order valence-electron chi connectivity index (χ0n) is 16.2. The lowest BCUT2D eigenvalue weighted by Gasteiger charge is -2.20. The third-order valence-corrected chi connectivity index (χ3v) is 4.44. The van der Waals surface area contributed by atoms with E-state index in [9.17, 15) is 22.4 Å². The van der Waals surface area contributed by atoms with Crippen LogP contribution in [0.4, 0.5) is 20.6 Å². The summed E-state index contributed by atoms with van der Waals surface area (Å²) in [5.41, 5.74) is 0.0185. The highest BCUT2D eigenvalue weighted by molar-refractivity contribution is 7.89. The topological polar surface area (TPSA) is 128 Å². The number of anilines is 2. The Morgan fingerprint density at radius 3 is 2.21 bits per heavy atom. The standard InChI is InChI=1S/C19H22FN3O5S/c1-19(2,3)28-18(25)23-15-9-6-13(20)11-16(15)22-17(24)10-12-4-7-14(8-5-12)29(21,26)27/h4-9,11H,10H2,1-3H3,(H,22,24)(H,23,25)(H2,21,26,27). The molecule has 0 atom stereocenters. The van der Waals surface area contributed by atoms with Crippen molar-refractivity contribution in [3.8, 4) is 0 Å². The maximum atomic E-state index is 13.6. The molecule has 0 aliphatic carbocycles. The van der Waals surface area contributed by atoms with Crippen LogP contribution in [0.25, 0.3) is 0 Å². The van der Waals surface area contributed by atoms with Crippen molar-refractivity contribution >= 4 is 33.4 Å². The van der Waals surface area contributed by atoms with Gasteiger partial charge >= 0.3 is 6.09 Å². The van der Waals surface area contributed by atoms with Gasteiger partial charge in [-0.2, -0.15) is 0 Å². The largest absolute Gasteiger partial charge is 0.444 e. The van der Waals surface area contributed by atoms with E-state index in [0.29, 0.717) is 5.56 Å². The third kappa shape index (κ3) is 7.16. The summed E-state index contributed by atoms with van der Waals surface area (Å²) in [6, 6.07) is 8.97. The molecule has 2 aromatic rings. The fourth-order valence-corrected chi connectivity index (χ4v) is 2.83. The van der Waals surface area contributed by atoms with Gasteiger partial charge in [0.15, 0.2) is 0 Å². The van der Waals surface area contributed by atoms with E-state index >= 15 is 0 Å². The van der Waals surface area contributed by atoms with E-state index in [0.717, 1.165) is 12.1 Å². The molecule has 0 heterocycles. The van der Waals surface area contributed by atoms with Gasteiger partial charge in [-0.05, 0) is 56.7 Å². The van der Waals surface area contributed by atoms with Crippen LogP contribution in [0.2, 0.25) is 0 Å². The Balaban J connectivity index is 2.11. The first-order valence-corrected chi connectivity index (χ1v) is 10.1. The summed E-state index contributed by atoms with van der Waals surface area (Å²) in [5, 5.41) is 10.0. The van der Waals surface area contributed by atoms with Crippen LogP contribution in [-0.4, -0.2) is 26.0 Å². The Hall–Kier alpha value is -2.98. The molecule has 0 aromatic heterocycles. The normalized spacial score (nSPS) is 11.6. The maximum Gasteiger partial charge on any atom is 0.412 e. The van der Waals surface area contributed by atoms with Crippen molar-refractivity contribution in [3.63, 3.8) is 0 Å². The van der Waals surface area contributed by atoms with E-state index in [1.165, 1.54) is 30.3 Å². The fourth-order valence-electron chi connectivity index (χ4n) is 2.32. The van der Waals surface area contributed by atoms with Gasteiger partial charge in [-0.25, -0.2) is 22.7 Å². The molecular formula is C19H22FN3O5S. The molecule has 0 aliphatic rings. The monoisotopic (exact) mass is 423 g/mol. The van der Waals surface area contributed by atoms with Crippen LogP contribution in [0.5, 0.6) is 0 Å². The predicted octanol–water partition coefficient (Wildman–Crippen LogP) is 3.00. The summed E-state index contributed by atoms with van der Waals surface area (Å²) in [4.78, 5) is 24.2. The first-order valence-electron chi connectivity index (χ1n) is 8.55. The molecule has 0 spiro atoms. The van der Waals surface area contributed by atoms with Crippen molar-refractivity contribution in [2.24, 2.45) is 5.14 Å². The quantitative estimate of drug-likeness (QED) is 0.681. The van der Waals surface area contributed by atoms with Crippen molar-refractivity contribution in [2.75, 3.05) is 10.6 Å². The van der Waals surface area contributed by atoms with Crippen molar-refractivity contribution in [1.29, 1.82) is 0 Å². The molecule has 2 rings (SSSR count). The number of benzene rings is 2. The SMILES string of the molecule is CC(C)(C)OC(=O)Nc1ccc(F)cc1NC(=O)Cc1ccc(S(N)(=O)=O)cc1. The lowest BCUT2D eigenvalue weighted by atomic mass is 10.1. The van der Waals surface area contributed by atoms with Crippen LogP contribution < -0.4 is 15.8 Å². The lowest BCUT2D eigenvalue weighted by molar-refractivity contribution is -0.115. The van der Waals surface area contributed by atoms with Gasteiger partial charge in [-0.3, -0.25) is 10.1 Å². The molecule has 29 heavy (non-hydrogen) atoms. The first-order chi connectivity index (χ1) is 13.3. The van der Waals surface area contributed by atoms with Gasteiger partial charge in [0.1, 0.15) is 11.4 Å². The molecule has 8 nitrogen and oxygen atoms in total. The zero-order chi connectivity index (χ0) is 21.8. The second kappa shape index (κ2) is 8.58. The van der Waals surface area contributed by atoms with Crippen LogP contribution in [0, 0.1) is 5.82 Å². The smallest absolute Gasteiger partial charge is 0.412 e. The second-order valence-corrected chi connectivity index (χ2v) is 8.79. The van der Waals surface area contributed by atoms with Gasteiger partial charge in [0.25, 0.3) is 0 Å². The average Bonchev–Trinajstić information content (AvgIpc) is 2.55. The Labute approximate surface area is 168 Å². The predicted molar refractivity (Wildman–Crippen MR) is 106 cm³/mol. The van der Waals surface area contributed by atoms with Crippen LogP contribution in [0.3, 0.4) is 0 Å². The number of halogens is 1. The average molecular weight is 423 g/mol. The van der Waals surface area contributed by atoms with E-state index in [4.69, 9.17) is 9.88 Å². The lowest BCUT2D eigenvalue weighted by Crippen LogP contribution is -2.27. The van der Waals surface area contributed by atoms with Gasteiger partial charge in [0.05, 0.1) is 22.7 Å². The number of primary sulfonamides is 1. The molecule has 0 fully saturated rings. The number of rotatable bonds is 5. The number of hydrogen-bond donors (Lipinski definition) is 3. The van der Waals surface area contributed by atoms with Crippen molar-refractivity contribution in [2.45, 2.75) is 37.7 Å². The van der Waals surface area contributed by atoms with Crippen LogP contribution >= 0.6 is 0 Å². The van der Waals surface area contributed by atoms with Crippen molar-refractivity contribution < 1.29 is 27.1 Å². The van der Waals surface area contributed by atoms with Crippen LogP contribution in [0.15, 0.2) is 47.4 Å². The van der Waals surface area contributed by atoms with Gasteiger partial charge in [0, 0.05) is 0 Å².